The lowest BCUT2D eigenvalue weighted by atomic mass is 10.2. The zero-order valence-corrected chi connectivity index (χ0v) is 16.5. The minimum Gasteiger partial charge on any atom is -0.372 e. The van der Waals surface area contributed by atoms with Gasteiger partial charge in [-0.25, -0.2) is 0 Å². The van der Waals surface area contributed by atoms with Crippen molar-refractivity contribution >= 4 is 35.0 Å². The standard InChI is InChI=1S/C20H23ClN4O3/c1-3-25(4-2)15-11-9-14(10-12-15)19(27)24-23-18(26)13-22-20(28)16-7-5-6-8-17(16)21/h5-12H,3-4,13H2,1-2H3,(H,22,28)(H,23,26)(H,24,27). The number of nitrogens with zero attached hydrogens (tertiary/aromatic N) is 1. The van der Waals surface area contributed by atoms with Gasteiger partial charge in [-0.15, -0.1) is 0 Å². The molecule has 0 aromatic heterocycles. The van der Waals surface area contributed by atoms with Gasteiger partial charge in [0.15, 0.2) is 0 Å². The van der Waals surface area contributed by atoms with E-state index in [-0.39, 0.29) is 12.1 Å². The molecule has 0 fully saturated rings. The maximum absolute atomic E-state index is 12.1. The number of hydrogen-bond donors (Lipinski definition) is 3. The largest absolute Gasteiger partial charge is 0.372 e. The Balaban J connectivity index is 1.81. The first-order chi connectivity index (χ1) is 13.5. The van der Waals surface area contributed by atoms with Crippen LogP contribution < -0.4 is 21.1 Å². The highest BCUT2D eigenvalue weighted by atomic mass is 35.5. The summed E-state index contributed by atoms with van der Waals surface area (Å²) < 4.78 is 0. The molecule has 3 N–H and O–H groups in total. The van der Waals surface area contributed by atoms with Crippen molar-refractivity contribution in [1.82, 2.24) is 16.2 Å². The van der Waals surface area contributed by atoms with Gasteiger partial charge in [-0.3, -0.25) is 25.2 Å². The molecule has 2 aromatic rings. The van der Waals surface area contributed by atoms with E-state index in [2.05, 4.69) is 34.9 Å². The number of carbonyl (C=O) groups excluding carboxylic acids is 3. The maximum Gasteiger partial charge on any atom is 0.269 e. The van der Waals surface area contributed by atoms with Gasteiger partial charge in [-0.2, -0.15) is 0 Å². The molecule has 0 spiro atoms. The molecule has 148 valence electrons. The van der Waals surface area contributed by atoms with Crippen LogP contribution in [0.3, 0.4) is 0 Å². The summed E-state index contributed by atoms with van der Waals surface area (Å²) in [5.74, 6) is -1.48. The van der Waals surface area contributed by atoms with Crippen LogP contribution in [0, 0.1) is 0 Å². The van der Waals surface area contributed by atoms with Crippen molar-refractivity contribution in [2.45, 2.75) is 13.8 Å². The summed E-state index contributed by atoms with van der Waals surface area (Å²) in [6.45, 7) is 5.57. The Morgan fingerprint density at radius 1 is 0.893 bits per heavy atom. The van der Waals surface area contributed by atoms with Crippen LogP contribution in [-0.4, -0.2) is 37.4 Å². The Hall–Kier alpha value is -3.06. The molecule has 0 unspecified atom stereocenters. The second-order valence-electron chi connectivity index (χ2n) is 5.88. The molecule has 0 radical (unpaired) electrons. The quantitative estimate of drug-likeness (QED) is 0.620. The van der Waals surface area contributed by atoms with E-state index in [0.717, 1.165) is 18.8 Å². The smallest absolute Gasteiger partial charge is 0.269 e. The van der Waals surface area contributed by atoms with Gasteiger partial charge in [0.05, 0.1) is 17.1 Å². The van der Waals surface area contributed by atoms with E-state index < -0.39 is 17.7 Å². The van der Waals surface area contributed by atoms with Crippen LogP contribution >= 0.6 is 11.6 Å². The number of anilines is 1. The monoisotopic (exact) mass is 402 g/mol. The van der Waals surface area contributed by atoms with Gasteiger partial charge in [0.1, 0.15) is 0 Å². The van der Waals surface area contributed by atoms with Gasteiger partial charge in [0.2, 0.25) is 0 Å². The van der Waals surface area contributed by atoms with E-state index in [4.69, 9.17) is 11.6 Å². The molecular weight excluding hydrogens is 380 g/mol. The molecule has 0 aliphatic heterocycles. The molecule has 7 nitrogen and oxygen atoms in total. The number of nitrogens with one attached hydrogen (secondary N) is 3. The van der Waals surface area contributed by atoms with Crippen LogP contribution in [0.5, 0.6) is 0 Å². The third-order valence-corrected chi connectivity index (χ3v) is 4.43. The van der Waals surface area contributed by atoms with E-state index in [1.807, 2.05) is 12.1 Å². The van der Waals surface area contributed by atoms with Crippen molar-refractivity contribution in [3.05, 3.63) is 64.7 Å². The normalized spacial score (nSPS) is 10.1. The van der Waals surface area contributed by atoms with E-state index in [0.29, 0.717) is 10.6 Å². The molecule has 0 aliphatic carbocycles. The lowest BCUT2D eigenvalue weighted by molar-refractivity contribution is -0.120. The predicted octanol–water partition coefficient (Wildman–Crippen LogP) is 2.38. The first kappa shape index (κ1) is 21.2. The van der Waals surface area contributed by atoms with Crippen LogP contribution in [0.1, 0.15) is 34.6 Å². The highest BCUT2D eigenvalue weighted by molar-refractivity contribution is 6.33. The topological polar surface area (TPSA) is 90.5 Å². The average molecular weight is 403 g/mol. The highest BCUT2D eigenvalue weighted by Crippen LogP contribution is 2.15. The van der Waals surface area contributed by atoms with E-state index in [1.165, 1.54) is 0 Å². The van der Waals surface area contributed by atoms with Gasteiger partial charge in [0.25, 0.3) is 17.7 Å². The summed E-state index contributed by atoms with van der Waals surface area (Å²) in [5, 5.41) is 2.74. The van der Waals surface area contributed by atoms with Gasteiger partial charge in [-0.1, -0.05) is 23.7 Å². The number of amides is 3. The zero-order chi connectivity index (χ0) is 20.5. The average Bonchev–Trinajstić information content (AvgIpc) is 2.72. The minimum atomic E-state index is -0.562. The van der Waals surface area contributed by atoms with Crippen molar-refractivity contribution in [1.29, 1.82) is 0 Å². The molecule has 0 saturated heterocycles. The summed E-state index contributed by atoms with van der Waals surface area (Å²) in [6.07, 6.45) is 0. The fraction of sp³-hybridized carbons (Fsp3) is 0.250. The van der Waals surface area contributed by atoms with Crippen molar-refractivity contribution in [2.75, 3.05) is 24.5 Å². The number of halogens is 1. The van der Waals surface area contributed by atoms with E-state index in [9.17, 15) is 14.4 Å². The number of hydrogen-bond acceptors (Lipinski definition) is 4. The van der Waals surface area contributed by atoms with Crippen LogP contribution in [-0.2, 0) is 4.79 Å². The van der Waals surface area contributed by atoms with Crippen molar-refractivity contribution in [3.63, 3.8) is 0 Å². The molecule has 0 bridgehead atoms. The number of hydrazine groups is 1. The summed E-state index contributed by atoms with van der Waals surface area (Å²) >= 11 is 5.93. The van der Waals surface area contributed by atoms with Crippen molar-refractivity contribution in [2.24, 2.45) is 0 Å². The Labute approximate surface area is 169 Å². The Morgan fingerprint density at radius 3 is 2.14 bits per heavy atom. The molecule has 3 amide bonds. The van der Waals surface area contributed by atoms with Crippen LogP contribution in [0.4, 0.5) is 5.69 Å². The lowest BCUT2D eigenvalue weighted by Crippen LogP contribution is -2.46. The lowest BCUT2D eigenvalue weighted by Gasteiger charge is -2.21. The second kappa shape index (κ2) is 10.3. The van der Waals surface area contributed by atoms with Gasteiger partial charge in [-0.05, 0) is 50.2 Å². The predicted molar refractivity (Wildman–Crippen MR) is 109 cm³/mol. The molecule has 28 heavy (non-hydrogen) atoms. The zero-order valence-electron chi connectivity index (χ0n) is 15.8. The minimum absolute atomic E-state index is 0.272. The van der Waals surface area contributed by atoms with Gasteiger partial charge >= 0.3 is 0 Å². The second-order valence-corrected chi connectivity index (χ2v) is 6.29. The third-order valence-electron chi connectivity index (χ3n) is 4.10. The number of benzene rings is 2. The van der Waals surface area contributed by atoms with E-state index >= 15 is 0 Å². The summed E-state index contributed by atoms with van der Waals surface area (Å²) in [6, 6.07) is 13.6. The van der Waals surface area contributed by atoms with Crippen LogP contribution in [0.15, 0.2) is 48.5 Å². The Kier molecular flexibility index (Phi) is 7.83. The van der Waals surface area contributed by atoms with Gasteiger partial charge in [0, 0.05) is 24.3 Å². The van der Waals surface area contributed by atoms with Crippen LogP contribution in [0.25, 0.3) is 0 Å². The molecule has 0 heterocycles. The Bertz CT molecular complexity index is 836. The molecule has 0 saturated carbocycles. The van der Waals surface area contributed by atoms with Crippen molar-refractivity contribution in [3.8, 4) is 0 Å². The fourth-order valence-electron chi connectivity index (χ4n) is 2.56. The number of rotatable bonds is 7. The molecule has 0 aliphatic rings. The first-order valence-corrected chi connectivity index (χ1v) is 9.31. The molecular formula is C20H23ClN4O3. The third kappa shape index (κ3) is 5.72. The molecule has 2 rings (SSSR count). The maximum atomic E-state index is 12.1. The van der Waals surface area contributed by atoms with Crippen molar-refractivity contribution < 1.29 is 14.4 Å². The van der Waals surface area contributed by atoms with Crippen LogP contribution in [0.2, 0.25) is 5.02 Å². The highest BCUT2D eigenvalue weighted by Gasteiger charge is 2.12. The Morgan fingerprint density at radius 2 is 1.54 bits per heavy atom. The molecule has 8 heteroatoms. The fourth-order valence-corrected chi connectivity index (χ4v) is 2.78. The number of carbonyl (C=O) groups is 3. The SMILES string of the molecule is CCN(CC)c1ccc(C(=O)NNC(=O)CNC(=O)c2ccccc2Cl)cc1. The summed E-state index contributed by atoms with van der Waals surface area (Å²) in [5.41, 5.74) is 6.29. The molecule has 0 atom stereocenters. The molecule has 2 aromatic carbocycles. The van der Waals surface area contributed by atoms with Gasteiger partial charge < -0.3 is 10.2 Å². The van der Waals surface area contributed by atoms with E-state index in [1.54, 1.807) is 36.4 Å². The first-order valence-electron chi connectivity index (χ1n) is 8.93. The summed E-state index contributed by atoms with van der Waals surface area (Å²) in [7, 11) is 0. The summed E-state index contributed by atoms with van der Waals surface area (Å²) in [4.78, 5) is 38.1.